The fraction of sp³-hybridized carbons (Fsp3) is 0. The molecule has 6 nitrogen and oxygen atoms in total. The van der Waals surface area contributed by atoms with Crippen LogP contribution in [0.1, 0.15) is 0 Å². The molecular weight excluding hydrogens is 256 g/mol. The van der Waals surface area contributed by atoms with Crippen LogP contribution in [0.3, 0.4) is 0 Å². The maximum Gasteiger partial charge on any atom is 0.409 e. The normalized spacial score (nSPS) is 9.83. The van der Waals surface area contributed by atoms with E-state index in [1.807, 2.05) is 0 Å². The first kappa shape index (κ1) is 12.1. The highest BCUT2D eigenvalue weighted by Gasteiger charge is 2.00. The van der Waals surface area contributed by atoms with Gasteiger partial charge in [0.1, 0.15) is 5.82 Å². The molecule has 7 heteroatoms. The second kappa shape index (κ2) is 5.33. The maximum atomic E-state index is 10.4. The van der Waals surface area contributed by atoms with Crippen LogP contribution in [-0.2, 0) is 0 Å². The summed E-state index contributed by atoms with van der Waals surface area (Å²) in [6.07, 6.45) is 0.441. The number of hydrogen-bond acceptors (Lipinski definition) is 4. The van der Waals surface area contributed by atoms with Crippen LogP contribution in [0.2, 0.25) is 5.28 Å². The first-order valence-electron chi connectivity index (χ1n) is 4.99. The summed E-state index contributed by atoms with van der Waals surface area (Å²) in [4.78, 5) is 18.2. The zero-order chi connectivity index (χ0) is 13.0. The molecule has 3 N–H and O–H groups in total. The van der Waals surface area contributed by atoms with Crippen LogP contribution < -0.4 is 10.6 Å². The molecule has 0 fully saturated rings. The van der Waals surface area contributed by atoms with E-state index in [0.29, 0.717) is 11.5 Å². The van der Waals surface area contributed by atoms with Crippen molar-refractivity contribution in [2.75, 3.05) is 10.6 Å². The Balaban J connectivity index is 2.08. The third-order valence-corrected chi connectivity index (χ3v) is 2.22. The molecule has 0 bridgehead atoms. The fourth-order valence-electron chi connectivity index (χ4n) is 1.31. The van der Waals surface area contributed by atoms with Gasteiger partial charge in [-0.2, -0.15) is 0 Å². The van der Waals surface area contributed by atoms with E-state index in [2.05, 4.69) is 20.6 Å². The average molecular weight is 265 g/mol. The number of anilines is 3. The number of benzene rings is 1. The summed E-state index contributed by atoms with van der Waals surface area (Å²) in [5, 5.41) is 14.0. The van der Waals surface area contributed by atoms with E-state index in [4.69, 9.17) is 16.7 Å². The lowest BCUT2D eigenvalue weighted by Crippen LogP contribution is -2.06. The third kappa shape index (κ3) is 3.33. The van der Waals surface area contributed by atoms with Gasteiger partial charge in [-0.3, -0.25) is 5.32 Å². The van der Waals surface area contributed by atoms with Gasteiger partial charge in [-0.25, -0.2) is 14.8 Å². The number of amides is 1. The second-order valence-corrected chi connectivity index (χ2v) is 3.68. The molecule has 0 aliphatic carbocycles. The molecule has 0 aliphatic rings. The fourth-order valence-corrected chi connectivity index (χ4v) is 1.46. The largest absolute Gasteiger partial charge is 0.465 e. The topological polar surface area (TPSA) is 87.1 Å². The van der Waals surface area contributed by atoms with Crippen LogP contribution >= 0.6 is 11.6 Å². The summed E-state index contributed by atoms with van der Waals surface area (Å²) in [7, 11) is 0. The molecule has 1 aromatic carbocycles. The van der Waals surface area contributed by atoms with E-state index in [1.165, 1.54) is 6.20 Å². The Morgan fingerprint density at radius 2 is 1.83 bits per heavy atom. The molecule has 0 atom stereocenters. The molecule has 18 heavy (non-hydrogen) atoms. The Labute approximate surface area is 108 Å². The number of carboxylic acid groups (broad SMARTS) is 1. The van der Waals surface area contributed by atoms with E-state index >= 15 is 0 Å². The summed E-state index contributed by atoms with van der Waals surface area (Å²) in [6, 6.07) is 8.40. The van der Waals surface area contributed by atoms with Crippen LogP contribution in [0.4, 0.5) is 22.0 Å². The molecule has 0 saturated heterocycles. The average Bonchev–Trinajstić information content (AvgIpc) is 2.31. The summed E-state index contributed by atoms with van der Waals surface area (Å²) >= 11 is 5.66. The third-order valence-electron chi connectivity index (χ3n) is 2.03. The van der Waals surface area contributed by atoms with E-state index < -0.39 is 6.09 Å². The summed E-state index contributed by atoms with van der Waals surface area (Å²) < 4.78 is 0. The van der Waals surface area contributed by atoms with E-state index in [0.717, 1.165) is 5.69 Å². The van der Waals surface area contributed by atoms with E-state index in [9.17, 15) is 4.79 Å². The van der Waals surface area contributed by atoms with Gasteiger partial charge in [0, 0.05) is 17.6 Å². The predicted molar refractivity (Wildman–Crippen MR) is 68.4 cm³/mol. The number of hydrogen-bond donors (Lipinski definition) is 3. The number of nitrogens with one attached hydrogen (secondary N) is 2. The minimum atomic E-state index is -1.10. The summed E-state index contributed by atoms with van der Waals surface area (Å²) in [5.74, 6) is 0.564. The monoisotopic (exact) mass is 264 g/mol. The van der Waals surface area contributed by atoms with Crippen molar-refractivity contribution >= 4 is 34.9 Å². The number of rotatable bonds is 3. The Morgan fingerprint density at radius 3 is 2.44 bits per heavy atom. The van der Waals surface area contributed by atoms with Crippen molar-refractivity contribution in [1.29, 1.82) is 0 Å². The zero-order valence-corrected chi connectivity index (χ0v) is 9.85. The van der Waals surface area contributed by atoms with Gasteiger partial charge in [-0.1, -0.05) is 0 Å². The minimum absolute atomic E-state index is 0.157. The summed E-state index contributed by atoms with van der Waals surface area (Å²) in [6.45, 7) is 0. The van der Waals surface area contributed by atoms with Crippen molar-refractivity contribution in [3.63, 3.8) is 0 Å². The minimum Gasteiger partial charge on any atom is -0.465 e. The lowest BCUT2D eigenvalue weighted by Gasteiger charge is -2.06. The van der Waals surface area contributed by atoms with E-state index in [1.54, 1.807) is 30.3 Å². The molecule has 0 aliphatic heterocycles. The van der Waals surface area contributed by atoms with Gasteiger partial charge < -0.3 is 10.4 Å². The zero-order valence-electron chi connectivity index (χ0n) is 9.09. The molecule has 0 radical (unpaired) electrons. The highest BCUT2D eigenvalue weighted by atomic mass is 35.5. The van der Waals surface area contributed by atoms with Gasteiger partial charge in [-0.15, -0.1) is 0 Å². The highest BCUT2D eigenvalue weighted by Crippen LogP contribution is 2.17. The van der Waals surface area contributed by atoms with Crippen molar-refractivity contribution in [2.24, 2.45) is 0 Å². The van der Waals surface area contributed by atoms with Crippen molar-refractivity contribution in [1.82, 2.24) is 9.97 Å². The standard InChI is InChI=1S/C11H9ClN4O2/c12-10-13-6-5-9(16-10)14-7-1-3-8(4-2-7)15-11(17)18/h1-6,15H,(H,17,18)(H,13,14,16). The highest BCUT2D eigenvalue weighted by molar-refractivity contribution is 6.28. The predicted octanol–water partition coefficient (Wildman–Crippen LogP) is 2.96. The number of carbonyl (C=O) groups is 1. The quantitative estimate of drug-likeness (QED) is 0.742. The number of halogens is 1. The van der Waals surface area contributed by atoms with Crippen molar-refractivity contribution in [2.45, 2.75) is 0 Å². The molecule has 1 heterocycles. The molecule has 92 valence electrons. The van der Waals surface area contributed by atoms with Crippen molar-refractivity contribution in [3.05, 3.63) is 41.8 Å². The van der Waals surface area contributed by atoms with Crippen LogP contribution in [0.25, 0.3) is 0 Å². The molecular formula is C11H9ClN4O2. The van der Waals surface area contributed by atoms with Crippen molar-refractivity contribution < 1.29 is 9.90 Å². The van der Waals surface area contributed by atoms with Gasteiger partial charge in [0.25, 0.3) is 0 Å². The Hall–Kier alpha value is -2.34. The number of nitrogens with zero attached hydrogens (tertiary/aromatic N) is 2. The maximum absolute atomic E-state index is 10.4. The van der Waals surface area contributed by atoms with Crippen LogP contribution in [0.5, 0.6) is 0 Å². The SMILES string of the molecule is O=C(O)Nc1ccc(Nc2ccnc(Cl)n2)cc1. The van der Waals surface area contributed by atoms with Gasteiger partial charge >= 0.3 is 6.09 Å². The van der Waals surface area contributed by atoms with Gasteiger partial charge in [-0.05, 0) is 41.9 Å². The Morgan fingerprint density at radius 1 is 1.17 bits per heavy atom. The summed E-state index contributed by atoms with van der Waals surface area (Å²) in [5.41, 5.74) is 1.26. The van der Waals surface area contributed by atoms with Gasteiger partial charge in [0.15, 0.2) is 0 Å². The second-order valence-electron chi connectivity index (χ2n) is 3.34. The lowest BCUT2D eigenvalue weighted by atomic mass is 10.3. The van der Waals surface area contributed by atoms with Crippen LogP contribution in [0.15, 0.2) is 36.5 Å². The molecule has 0 spiro atoms. The van der Waals surface area contributed by atoms with Crippen LogP contribution in [0, 0.1) is 0 Å². The Bertz CT molecular complexity index is 559. The molecule has 0 unspecified atom stereocenters. The van der Waals surface area contributed by atoms with E-state index in [-0.39, 0.29) is 5.28 Å². The number of aromatic nitrogens is 2. The molecule has 1 aromatic heterocycles. The Kier molecular flexibility index (Phi) is 3.59. The smallest absolute Gasteiger partial charge is 0.409 e. The van der Waals surface area contributed by atoms with Crippen LogP contribution in [-0.4, -0.2) is 21.2 Å². The lowest BCUT2D eigenvalue weighted by molar-refractivity contribution is 0.210. The molecule has 1 amide bonds. The molecule has 0 saturated carbocycles. The van der Waals surface area contributed by atoms with Gasteiger partial charge in [0.05, 0.1) is 0 Å². The van der Waals surface area contributed by atoms with Crippen molar-refractivity contribution in [3.8, 4) is 0 Å². The first-order valence-corrected chi connectivity index (χ1v) is 5.37. The molecule has 2 rings (SSSR count). The molecule has 2 aromatic rings. The first-order chi connectivity index (χ1) is 8.63. The van der Waals surface area contributed by atoms with Gasteiger partial charge in [0.2, 0.25) is 5.28 Å².